The molecule has 0 aliphatic carbocycles. The Bertz CT molecular complexity index is 1140. The fraction of sp³-hybridized carbons (Fsp3) is 0.0476. The third kappa shape index (κ3) is 4.38. The molecule has 0 bridgehead atoms. The van der Waals surface area contributed by atoms with E-state index in [1.54, 1.807) is 60.7 Å². The zero-order chi connectivity index (χ0) is 20.5. The number of benzene rings is 2. The Balaban J connectivity index is 1.53. The van der Waals surface area contributed by atoms with Crippen LogP contribution in [-0.4, -0.2) is 16.0 Å². The smallest absolute Gasteiger partial charge is 0.293 e. The Kier molecular flexibility index (Phi) is 5.74. The second-order valence-electron chi connectivity index (χ2n) is 6.23. The minimum Gasteiger partial charge on any atom is -0.457 e. The van der Waals surface area contributed by atoms with E-state index in [0.29, 0.717) is 31.5 Å². The molecule has 4 nitrogen and oxygen atoms in total. The number of furan rings is 1. The number of hydrogen-bond acceptors (Lipinski definition) is 4. The van der Waals surface area contributed by atoms with Crippen LogP contribution in [0.4, 0.5) is 4.79 Å². The number of amides is 2. The number of carbonyl (C=O) groups excluding carboxylic acids is 2. The van der Waals surface area contributed by atoms with Gasteiger partial charge in [-0.1, -0.05) is 46.9 Å². The van der Waals surface area contributed by atoms with Crippen LogP contribution in [-0.2, 0) is 11.3 Å². The van der Waals surface area contributed by atoms with Gasteiger partial charge in [0, 0.05) is 16.7 Å². The van der Waals surface area contributed by atoms with Gasteiger partial charge < -0.3 is 4.42 Å². The molecule has 1 aliphatic heterocycles. The van der Waals surface area contributed by atoms with Gasteiger partial charge in [0.15, 0.2) is 0 Å². The van der Waals surface area contributed by atoms with Gasteiger partial charge in [0.1, 0.15) is 11.5 Å². The molecule has 1 aromatic heterocycles. The van der Waals surface area contributed by atoms with Gasteiger partial charge in [-0.05, 0) is 59.8 Å². The summed E-state index contributed by atoms with van der Waals surface area (Å²) < 4.78 is 5.79. The highest BCUT2D eigenvalue weighted by molar-refractivity contribution is 8.18. The number of thioether (sulfide) groups is 1. The summed E-state index contributed by atoms with van der Waals surface area (Å²) in [4.78, 5) is 26.5. The fourth-order valence-electron chi connectivity index (χ4n) is 2.77. The van der Waals surface area contributed by atoms with E-state index in [4.69, 9.17) is 39.2 Å². The van der Waals surface area contributed by atoms with Crippen molar-refractivity contribution < 1.29 is 14.0 Å². The minimum atomic E-state index is -0.359. The minimum absolute atomic E-state index is 0.186. The first-order valence-corrected chi connectivity index (χ1v) is 10.4. The maximum atomic E-state index is 12.7. The molecule has 1 aliphatic rings. The van der Waals surface area contributed by atoms with Crippen LogP contribution in [0.1, 0.15) is 11.3 Å². The van der Waals surface area contributed by atoms with Gasteiger partial charge in [0.25, 0.3) is 11.1 Å². The molecule has 0 atom stereocenters. The van der Waals surface area contributed by atoms with Gasteiger partial charge in [-0.25, -0.2) is 0 Å². The van der Waals surface area contributed by atoms with Gasteiger partial charge in [0.05, 0.1) is 21.5 Å². The second kappa shape index (κ2) is 8.28. The fourth-order valence-corrected chi connectivity index (χ4v) is 4.02. The van der Waals surface area contributed by atoms with Crippen molar-refractivity contribution in [3.8, 4) is 11.3 Å². The highest BCUT2D eigenvalue weighted by Crippen LogP contribution is 2.35. The summed E-state index contributed by atoms with van der Waals surface area (Å²) in [5.41, 5.74) is 1.58. The normalized spacial score (nSPS) is 15.6. The van der Waals surface area contributed by atoms with Crippen LogP contribution in [0.25, 0.3) is 17.4 Å². The summed E-state index contributed by atoms with van der Waals surface area (Å²) in [5.74, 6) is 0.681. The lowest BCUT2D eigenvalue weighted by atomic mass is 10.2. The van der Waals surface area contributed by atoms with Crippen molar-refractivity contribution in [2.24, 2.45) is 0 Å². The Hall–Kier alpha value is -2.18. The van der Waals surface area contributed by atoms with Crippen LogP contribution in [0.2, 0.25) is 15.1 Å². The zero-order valence-corrected chi connectivity index (χ0v) is 17.8. The van der Waals surface area contributed by atoms with Crippen LogP contribution in [0, 0.1) is 0 Å². The van der Waals surface area contributed by atoms with E-state index in [-0.39, 0.29) is 17.7 Å². The van der Waals surface area contributed by atoms with Crippen LogP contribution in [0.3, 0.4) is 0 Å². The maximum absolute atomic E-state index is 12.7. The molecule has 2 amide bonds. The van der Waals surface area contributed by atoms with Crippen molar-refractivity contribution in [1.29, 1.82) is 0 Å². The SMILES string of the molecule is O=C1S/C(=C\c2ccc(-c3ccc(Cl)c(Cl)c3)o2)C(=O)N1Cc1ccc(Cl)cc1. The Morgan fingerprint density at radius 3 is 2.41 bits per heavy atom. The van der Waals surface area contributed by atoms with Gasteiger partial charge in [-0.15, -0.1) is 0 Å². The standard InChI is InChI=1S/C21H12Cl3NO3S/c22-14-4-1-12(2-5-14)11-25-20(26)19(29-21(25)27)10-15-6-8-18(28-15)13-3-7-16(23)17(24)9-13/h1-10H,11H2/b19-10-. The number of imide groups is 1. The van der Waals surface area contributed by atoms with Gasteiger partial charge >= 0.3 is 0 Å². The lowest BCUT2D eigenvalue weighted by Crippen LogP contribution is -2.27. The molecule has 29 heavy (non-hydrogen) atoms. The molecule has 2 aromatic carbocycles. The molecule has 3 aromatic rings. The van der Waals surface area contributed by atoms with Crippen molar-refractivity contribution >= 4 is 63.8 Å². The van der Waals surface area contributed by atoms with E-state index >= 15 is 0 Å². The highest BCUT2D eigenvalue weighted by atomic mass is 35.5. The van der Waals surface area contributed by atoms with Crippen molar-refractivity contribution in [3.63, 3.8) is 0 Å². The maximum Gasteiger partial charge on any atom is 0.293 e. The first-order valence-electron chi connectivity index (χ1n) is 8.46. The van der Waals surface area contributed by atoms with Crippen molar-refractivity contribution in [2.45, 2.75) is 6.54 Å². The third-order valence-corrected chi connectivity index (χ3v) is 6.13. The van der Waals surface area contributed by atoms with Crippen molar-refractivity contribution in [1.82, 2.24) is 4.90 Å². The number of halogens is 3. The zero-order valence-electron chi connectivity index (χ0n) is 14.7. The molecular weight excluding hydrogens is 453 g/mol. The molecule has 0 saturated carbocycles. The summed E-state index contributed by atoms with van der Waals surface area (Å²) in [6, 6.07) is 15.7. The number of nitrogens with zero attached hydrogens (tertiary/aromatic N) is 1. The summed E-state index contributed by atoms with van der Waals surface area (Å²) in [6.07, 6.45) is 1.56. The van der Waals surface area contributed by atoms with Crippen LogP contribution in [0.5, 0.6) is 0 Å². The largest absolute Gasteiger partial charge is 0.457 e. The molecule has 0 spiro atoms. The summed E-state index contributed by atoms with van der Waals surface area (Å²) in [6.45, 7) is 0.186. The predicted octanol–water partition coefficient (Wildman–Crippen LogP) is 7.14. The molecule has 2 heterocycles. The molecule has 1 fully saturated rings. The molecule has 0 N–H and O–H groups in total. The van der Waals surface area contributed by atoms with E-state index in [1.165, 1.54) is 4.90 Å². The van der Waals surface area contributed by atoms with Crippen LogP contribution in [0.15, 0.2) is 63.9 Å². The van der Waals surface area contributed by atoms with Gasteiger partial charge in [-0.2, -0.15) is 0 Å². The van der Waals surface area contributed by atoms with Crippen molar-refractivity contribution in [2.75, 3.05) is 0 Å². The topological polar surface area (TPSA) is 50.5 Å². The first kappa shape index (κ1) is 20.1. The molecule has 8 heteroatoms. The van der Waals surface area contributed by atoms with Gasteiger partial charge in [-0.3, -0.25) is 14.5 Å². The lowest BCUT2D eigenvalue weighted by molar-refractivity contribution is -0.123. The quantitative estimate of drug-likeness (QED) is 0.385. The lowest BCUT2D eigenvalue weighted by Gasteiger charge is -2.12. The molecule has 0 radical (unpaired) electrons. The Labute approximate surface area is 186 Å². The van der Waals surface area contributed by atoms with E-state index in [9.17, 15) is 9.59 Å². The molecule has 1 saturated heterocycles. The third-order valence-electron chi connectivity index (χ3n) is 4.23. The van der Waals surface area contributed by atoms with E-state index < -0.39 is 0 Å². The molecule has 4 rings (SSSR count). The average Bonchev–Trinajstić information content (AvgIpc) is 3.26. The molecule has 0 unspecified atom stereocenters. The number of rotatable bonds is 4. The summed E-state index contributed by atoms with van der Waals surface area (Å²) >= 11 is 18.7. The molecule has 146 valence electrons. The van der Waals surface area contributed by atoms with Crippen molar-refractivity contribution in [3.05, 3.63) is 85.9 Å². The van der Waals surface area contributed by atoms with E-state index in [1.807, 2.05) is 0 Å². The monoisotopic (exact) mass is 463 g/mol. The van der Waals surface area contributed by atoms with Crippen LogP contribution < -0.4 is 0 Å². The summed E-state index contributed by atoms with van der Waals surface area (Å²) in [5, 5.41) is 1.15. The second-order valence-corrected chi connectivity index (χ2v) is 8.47. The Morgan fingerprint density at radius 1 is 0.931 bits per heavy atom. The number of hydrogen-bond donors (Lipinski definition) is 0. The van der Waals surface area contributed by atoms with E-state index in [2.05, 4.69) is 0 Å². The summed E-state index contributed by atoms with van der Waals surface area (Å²) in [7, 11) is 0. The predicted molar refractivity (Wildman–Crippen MR) is 117 cm³/mol. The van der Waals surface area contributed by atoms with Crippen LogP contribution >= 0.6 is 46.6 Å². The highest BCUT2D eigenvalue weighted by Gasteiger charge is 2.35. The first-order chi connectivity index (χ1) is 13.9. The number of carbonyl (C=O) groups is 2. The molecular formula is C21H12Cl3NO3S. The Morgan fingerprint density at radius 2 is 1.69 bits per heavy atom. The average molecular weight is 465 g/mol. The van der Waals surface area contributed by atoms with E-state index in [0.717, 1.165) is 22.9 Å². The van der Waals surface area contributed by atoms with Gasteiger partial charge in [0.2, 0.25) is 0 Å².